The van der Waals surface area contributed by atoms with E-state index in [0.29, 0.717) is 18.7 Å². The van der Waals surface area contributed by atoms with Crippen LogP contribution in [-0.2, 0) is 19.8 Å². The summed E-state index contributed by atoms with van der Waals surface area (Å²) in [5.74, 6) is -0.325. The van der Waals surface area contributed by atoms with Gasteiger partial charge in [0, 0.05) is 13.0 Å². The van der Waals surface area contributed by atoms with E-state index in [-0.39, 0.29) is 24.5 Å². The minimum Gasteiger partial charge on any atom is -0.484 e. The van der Waals surface area contributed by atoms with E-state index >= 15 is 0 Å². The Bertz CT molecular complexity index is 665. The normalized spacial score (nSPS) is 15.1. The minimum atomic E-state index is -0.467. The Labute approximate surface area is 160 Å². The second kappa shape index (κ2) is 9.39. The lowest BCUT2D eigenvalue weighted by molar-refractivity contribution is -0.136. The van der Waals surface area contributed by atoms with Gasteiger partial charge in [-0.2, -0.15) is 0 Å². The molecule has 0 unspecified atom stereocenters. The number of nitrogens with zero attached hydrogens (tertiary/aromatic N) is 1. The second-order valence-electron chi connectivity index (χ2n) is 7.79. The number of hydrazine groups is 1. The fourth-order valence-corrected chi connectivity index (χ4v) is 2.79. The number of amides is 3. The molecule has 1 saturated heterocycles. The summed E-state index contributed by atoms with van der Waals surface area (Å²) in [5.41, 5.74) is 5.86. The van der Waals surface area contributed by atoms with Gasteiger partial charge < -0.3 is 9.64 Å². The molecule has 27 heavy (non-hydrogen) atoms. The van der Waals surface area contributed by atoms with E-state index in [1.807, 2.05) is 24.3 Å². The van der Waals surface area contributed by atoms with E-state index in [9.17, 15) is 14.4 Å². The molecule has 2 rings (SSSR count). The number of nitrogens with one attached hydrogen (secondary N) is 2. The van der Waals surface area contributed by atoms with Gasteiger partial charge in [-0.3, -0.25) is 25.2 Å². The van der Waals surface area contributed by atoms with Crippen molar-refractivity contribution in [2.45, 2.75) is 51.9 Å². The van der Waals surface area contributed by atoms with Crippen LogP contribution in [0, 0.1) is 0 Å². The van der Waals surface area contributed by atoms with Crippen molar-refractivity contribution in [2.75, 3.05) is 19.7 Å². The van der Waals surface area contributed by atoms with Gasteiger partial charge in [0.2, 0.25) is 5.91 Å². The van der Waals surface area contributed by atoms with Gasteiger partial charge in [-0.05, 0) is 36.0 Å². The van der Waals surface area contributed by atoms with Crippen LogP contribution >= 0.6 is 0 Å². The predicted octanol–water partition coefficient (Wildman–Crippen LogP) is 1.91. The van der Waals surface area contributed by atoms with Crippen molar-refractivity contribution in [3.05, 3.63) is 29.8 Å². The van der Waals surface area contributed by atoms with Gasteiger partial charge in [0.1, 0.15) is 12.3 Å². The van der Waals surface area contributed by atoms with Crippen LogP contribution in [0.4, 0.5) is 0 Å². The van der Waals surface area contributed by atoms with Crippen molar-refractivity contribution in [1.82, 2.24) is 15.8 Å². The molecular formula is C20H29N3O4. The molecule has 148 valence electrons. The molecule has 0 bridgehead atoms. The summed E-state index contributed by atoms with van der Waals surface area (Å²) in [6, 6.07) is 7.56. The number of likely N-dealkylation sites (tertiary alicyclic amines) is 1. The molecule has 1 aromatic rings. The maximum Gasteiger partial charge on any atom is 0.276 e. The fraction of sp³-hybridized carbons (Fsp3) is 0.550. The average molecular weight is 375 g/mol. The molecule has 1 aromatic carbocycles. The van der Waals surface area contributed by atoms with E-state index in [1.54, 1.807) is 0 Å². The SMILES string of the molecule is CC(C)(C)c1ccc(OCC(=O)NNC(=O)CN2CCCCCC2=O)cc1. The number of hydrogen-bond donors (Lipinski definition) is 2. The minimum absolute atomic E-state index is 0.0176. The second-order valence-corrected chi connectivity index (χ2v) is 7.79. The van der Waals surface area contributed by atoms with Gasteiger partial charge in [0.15, 0.2) is 6.61 Å². The topological polar surface area (TPSA) is 87.7 Å². The molecular weight excluding hydrogens is 346 g/mol. The monoisotopic (exact) mass is 375 g/mol. The number of hydrogen-bond acceptors (Lipinski definition) is 4. The highest BCUT2D eigenvalue weighted by atomic mass is 16.5. The van der Waals surface area contributed by atoms with E-state index in [1.165, 1.54) is 10.5 Å². The van der Waals surface area contributed by atoms with Crippen LogP contribution in [0.2, 0.25) is 0 Å². The van der Waals surface area contributed by atoms with E-state index < -0.39 is 11.8 Å². The predicted molar refractivity (Wildman–Crippen MR) is 102 cm³/mol. The maximum absolute atomic E-state index is 11.9. The Balaban J connectivity index is 1.71. The fourth-order valence-electron chi connectivity index (χ4n) is 2.79. The number of benzene rings is 1. The van der Waals surface area contributed by atoms with Crippen LogP contribution in [0.5, 0.6) is 5.75 Å². The first-order valence-corrected chi connectivity index (χ1v) is 9.34. The zero-order valence-electron chi connectivity index (χ0n) is 16.3. The third-order valence-electron chi connectivity index (χ3n) is 4.44. The first-order valence-electron chi connectivity index (χ1n) is 9.34. The zero-order valence-corrected chi connectivity index (χ0v) is 16.3. The standard InChI is InChI=1S/C20H29N3O4/c1-20(2,3)15-8-10-16(11-9-15)27-14-18(25)22-21-17(24)13-23-12-6-4-5-7-19(23)26/h8-11H,4-7,12-14H2,1-3H3,(H,21,24)(H,22,25). The van der Waals surface area contributed by atoms with Gasteiger partial charge in [0.25, 0.3) is 11.8 Å². The molecule has 2 N–H and O–H groups in total. The van der Waals surface area contributed by atoms with Gasteiger partial charge in [0.05, 0.1) is 0 Å². The number of rotatable bonds is 5. The maximum atomic E-state index is 11.9. The third kappa shape index (κ3) is 6.92. The molecule has 0 atom stereocenters. The van der Waals surface area contributed by atoms with Crippen LogP contribution in [0.15, 0.2) is 24.3 Å². The van der Waals surface area contributed by atoms with E-state index in [2.05, 4.69) is 31.6 Å². The quantitative estimate of drug-likeness (QED) is 0.770. The Hall–Kier alpha value is -2.57. The van der Waals surface area contributed by atoms with Crippen molar-refractivity contribution < 1.29 is 19.1 Å². The Morgan fingerprint density at radius 1 is 1.04 bits per heavy atom. The first-order chi connectivity index (χ1) is 12.8. The largest absolute Gasteiger partial charge is 0.484 e. The molecule has 0 radical (unpaired) electrons. The molecule has 1 aliphatic heterocycles. The summed E-state index contributed by atoms with van der Waals surface area (Å²) >= 11 is 0. The highest BCUT2D eigenvalue weighted by molar-refractivity contribution is 5.87. The smallest absolute Gasteiger partial charge is 0.276 e. The molecule has 0 saturated carbocycles. The summed E-state index contributed by atoms with van der Waals surface area (Å²) < 4.78 is 5.42. The van der Waals surface area contributed by atoms with Crippen LogP contribution in [-0.4, -0.2) is 42.3 Å². The highest BCUT2D eigenvalue weighted by Gasteiger charge is 2.19. The summed E-state index contributed by atoms with van der Waals surface area (Å²) in [6.45, 7) is 6.69. The molecule has 1 aliphatic rings. The van der Waals surface area contributed by atoms with Crippen molar-refractivity contribution >= 4 is 17.7 Å². The van der Waals surface area contributed by atoms with Crippen molar-refractivity contribution in [1.29, 1.82) is 0 Å². The van der Waals surface area contributed by atoms with E-state index in [0.717, 1.165) is 19.3 Å². The zero-order chi connectivity index (χ0) is 19.9. The summed E-state index contributed by atoms with van der Waals surface area (Å²) in [7, 11) is 0. The Morgan fingerprint density at radius 3 is 2.37 bits per heavy atom. The first kappa shape index (κ1) is 20.7. The van der Waals surface area contributed by atoms with Crippen LogP contribution < -0.4 is 15.6 Å². The van der Waals surface area contributed by atoms with Crippen LogP contribution in [0.3, 0.4) is 0 Å². The lowest BCUT2D eigenvalue weighted by Crippen LogP contribution is -2.48. The van der Waals surface area contributed by atoms with Crippen molar-refractivity contribution in [2.24, 2.45) is 0 Å². The number of carbonyl (C=O) groups is 3. The van der Waals surface area contributed by atoms with Crippen molar-refractivity contribution in [3.8, 4) is 5.75 Å². The molecule has 0 spiro atoms. The number of ether oxygens (including phenoxy) is 1. The average Bonchev–Trinajstić information content (AvgIpc) is 2.82. The van der Waals surface area contributed by atoms with Gasteiger partial charge in [-0.15, -0.1) is 0 Å². The van der Waals surface area contributed by atoms with Gasteiger partial charge >= 0.3 is 0 Å². The lowest BCUT2D eigenvalue weighted by Gasteiger charge is -2.20. The molecule has 3 amide bonds. The summed E-state index contributed by atoms with van der Waals surface area (Å²) in [4.78, 5) is 37.1. The third-order valence-corrected chi connectivity index (χ3v) is 4.44. The Kier molecular flexibility index (Phi) is 7.21. The van der Waals surface area contributed by atoms with Crippen molar-refractivity contribution in [3.63, 3.8) is 0 Å². The molecule has 7 heteroatoms. The van der Waals surface area contributed by atoms with Gasteiger partial charge in [-0.1, -0.05) is 39.3 Å². The molecule has 7 nitrogen and oxygen atoms in total. The summed E-state index contributed by atoms with van der Waals surface area (Å²) in [5, 5.41) is 0. The molecule has 0 aliphatic carbocycles. The lowest BCUT2D eigenvalue weighted by atomic mass is 9.87. The molecule has 1 fully saturated rings. The summed E-state index contributed by atoms with van der Waals surface area (Å²) in [6.07, 6.45) is 3.23. The van der Waals surface area contributed by atoms with Crippen LogP contribution in [0.25, 0.3) is 0 Å². The van der Waals surface area contributed by atoms with Gasteiger partial charge in [-0.25, -0.2) is 0 Å². The molecule has 1 heterocycles. The van der Waals surface area contributed by atoms with E-state index in [4.69, 9.17) is 4.74 Å². The molecule has 0 aromatic heterocycles. The Morgan fingerprint density at radius 2 is 1.70 bits per heavy atom. The highest BCUT2D eigenvalue weighted by Crippen LogP contribution is 2.24. The van der Waals surface area contributed by atoms with Crippen LogP contribution in [0.1, 0.15) is 52.0 Å². The number of carbonyl (C=O) groups excluding carboxylic acids is 3.